The van der Waals surface area contributed by atoms with E-state index >= 15 is 0 Å². The first-order valence-electron chi connectivity index (χ1n) is 6.86. The predicted molar refractivity (Wildman–Crippen MR) is 74.6 cm³/mol. The second-order valence-electron chi connectivity index (χ2n) is 4.66. The molecule has 0 aliphatic heterocycles. The normalized spacial score (nSPS) is 12.6. The number of unbranched alkanes of at least 4 members (excludes halogenated alkanes) is 3. The molecule has 0 heterocycles. The van der Waals surface area contributed by atoms with Crippen LogP contribution in [0.5, 0.6) is 0 Å². The minimum Gasteiger partial charge on any atom is -0.396 e. The Morgan fingerprint density at radius 3 is 2.33 bits per heavy atom. The van der Waals surface area contributed by atoms with Crippen LogP contribution in [0.15, 0.2) is 30.3 Å². The summed E-state index contributed by atoms with van der Waals surface area (Å²) in [5.74, 6) is 0. The summed E-state index contributed by atoms with van der Waals surface area (Å²) in [5.41, 5.74) is 1.25. The van der Waals surface area contributed by atoms with E-state index in [9.17, 15) is 5.11 Å². The molecule has 102 valence electrons. The Morgan fingerprint density at radius 2 is 1.67 bits per heavy atom. The number of aliphatic hydroxyl groups is 2. The summed E-state index contributed by atoms with van der Waals surface area (Å²) in [6.45, 7) is 1.40. The minimum atomic E-state index is 0.144. The standard InChI is InChI=1S/C15H25NO2/c17-11-7-2-1-6-10-16-15(13-18)12-14-8-4-3-5-9-14/h3-5,8-9,15-18H,1-2,6-7,10-13H2. The van der Waals surface area contributed by atoms with Gasteiger partial charge >= 0.3 is 0 Å². The maximum absolute atomic E-state index is 9.33. The number of aliphatic hydroxyl groups excluding tert-OH is 2. The molecule has 3 heteroatoms. The maximum Gasteiger partial charge on any atom is 0.0587 e. The Balaban J connectivity index is 2.14. The smallest absolute Gasteiger partial charge is 0.0587 e. The molecule has 0 bridgehead atoms. The molecule has 1 unspecified atom stereocenters. The molecule has 0 amide bonds. The Kier molecular flexibility index (Phi) is 8.47. The largest absolute Gasteiger partial charge is 0.396 e. The van der Waals surface area contributed by atoms with E-state index in [0.717, 1.165) is 38.6 Å². The van der Waals surface area contributed by atoms with E-state index in [1.807, 2.05) is 18.2 Å². The van der Waals surface area contributed by atoms with Gasteiger partial charge < -0.3 is 15.5 Å². The number of rotatable bonds is 10. The molecule has 0 spiro atoms. The van der Waals surface area contributed by atoms with Gasteiger partial charge in [-0.15, -0.1) is 0 Å². The number of benzene rings is 1. The number of hydrogen-bond acceptors (Lipinski definition) is 3. The van der Waals surface area contributed by atoms with E-state index in [4.69, 9.17) is 5.11 Å². The van der Waals surface area contributed by atoms with Gasteiger partial charge in [-0.3, -0.25) is 0 Å². The molecule has 0 saturated heterocycles. The molecule has 0 saturated carbocycles. The van der Waals surface area contributed by atoms with E-state index in [-0.39, 0.29) is 12.6 Å². The molecule has 1 aromatic rings. The Morgan fingerprint density at radius 1 is 0.944 bits per heavy atom. The van der Waals surface area contributed by atoms with E-state index in [1.54, 1.807) is 0 Å². The Bertz CT molecular complexity index is 290. The monoisotopic (exact) mass is 251 g/mol. The molecule has 3 N–H and O–H groups in total. The van der Waals surface area contributed by atoms with Crippen LogP contribution in [0.4, 0.5) is 0 Å². The molecular weight excluding hydrogens is 226 g/mol. The first-order chi connectivity index (χ1) is 8.86. The molecule has 0 radical (unpaired) electrons. The lowest BCUT2D eigenvalue weighted by Gasteiger charge is -2.16. The molecular formula is C15H25NO2. The lowest BCUT2D eigenvalue weighted by Crippen LogP contribution is -2.35. The maximum atomic E-state index is 9.33. The van der Waals surface area contributed by atoms with E-state index in [0.29, 0.717) is 6.61 Å². The zero-order valence-electron chi connectivity index (χ0n) is 11.0. The van der Waals surface area contributed by atoms with Crippen LogP contribution < -0.4 is 5.32 Å². The summed E-state index contributed by atoms with van der Waals surface area (Å²) >= 11 is 0. The highest BCUT2D eigenvalue weighted by molar-refractivity contribution is 5.15. The fourth-order valence-corrected chi connectivity index (χ4v) is 2.00. The minimum absolute atomic E-state index is 0.144. The van der Waals surface area contributed by atoms with Crippen molar-refractivity contribution in [2.24, 2.45) is 0 Å². The topological polar surface area (TPSA) is 52.5 Å². The quantitative estimate of drug-likeness (QED) is 0.555. The van der Waals surface area contributed by atoms with Crippen molar-refractivity contribution in [3.63, 3.8) is 0 Å². The second kappa shape index (κ2) is 10.1. The predicted octanol–water partition coefficient (Wildman–Crippen LogP) is 1.73. The highest BCUT2D eigenvalue weighted by Crippen LogP contribution is 2.03. The average molecular weight is 251 g/mol. The van der Waals surface area contributed by atoms with Gasteiger partial charge in [0.05, 0.1) is 6.61 Å². The van der Waals surface area contributed by atoms with Crippen LogP contribution in [-0.2, 0) is 6.42 Å². The SMILES string of the molecule is OCCCCCCNC(CO)Cc1ccccc1. The van der Waals surface area contributed by atoms with Crippen molar-refractivity contribution in [3.05, 3.63) is 35.9 Å². The third-order valence-corrected chi connectivity index (χ3v) is 3.06. The van der Waals surface area contributed by atoms with Crippen LogP contribution in [0.3, 0.4) is 0 Å². The number of hydrogen-bond donors (Lipinski definition) is 3. The molecule has 1 aromatic carbocycles. The van der Waals surface area contributed by atoms with Gasteiger partial charge in [0, 0.05) is 12.6 Å². The van der Waals surface area contributed by atoms with Crippen molar-refractivity contribution in [3.8, 4) is 0 Å². The first-order valence-corrected chi connectivity index (χ1v) is 6.86. The summed E-state index contributed by atoms with van der Waals surface area (Å²) in [4.78, 5) is 0. The van der Waals surface area contributed by atoms with Gasteiger partial charge in [0.2, 0.25) is 0 Å². The fourth-order valence-electron chi connectivity index (χ4n) is 2.00. The van der Waals surface area contributed by atoms with Crippen molar-refractivity contribution in [2.75, 3.05) is 19.8 Å². The fraction of sp³-hybridized carbons (Fsp3) is 0.600. The summed E-state index contributed by atoms with van der Waals surface area (Å²) < 4.78 is 0. The Hall–Kier alpha value is -0.900. The van der Waals surface area contributed by atoms with Crippen LogP contribution in [0.1, 0.15) is 31.2 Å². The molecule has 1 rings (SSSR count). The Labute approximate surface area is 110 Å². The van der Waals surface area contributed by atoms with E-state index in [1.165, 1.54) is 5.56 Å². The van der Waals surface area contributed by atoms with Crippen LogP contribution in [-0.4, -0.2) is 36.0 Å². The molecule has 0 aromatic heterocycles. The number of nitrogens with one attached hydrogen (secondary N) is 1. The highest BCUT2D eigenvalue weighted by atomic mass is 16.3. The van der Waals surface area contributed by atoms with Gasteiger partial charge in [0.15, 0.2) is 0 Å². The summed E-state index contributed by atoms with van der Waals surface area (Å²) in [5, 5.41) is 21.4. The zero-order valence-corrected chi connectivity index (χ0v) is 11.0. The second-order valence-corrected chi connectivity index (χ2v) is 4.66. The van der Waals surface area contributed by atoms with Crippen molar-refractivity contribution < 1.29 is 10.2 Å². The molecule has 1 atom stereocenters. The van der Waals surface area contributed by atoms with Crippen molar-refractivity contribution in [1.82, 2.24) is 5.32 Å². The summed E-state index contributed by atoms with van der Waals surface area (Å²) in [6, 6.07) is 10.4. The lowest BCUT2D eigenvalue weighted by molar-refractivity contribution is 0.240. The van der Waals surface area contributed by atoms with Crippen molar-refractivity contribution >= 4 is 0 Å². The van der Waals surface area contributed by atoms with Crippen LogP contribution in [0.2, 0.25) is 0 Å². The van der Waals surface area contributed by atoms with Crippen molar-refractivity contribution in [1.29, 1.82) is 0 Å². The van der Waals surface area contributed by atoms with Gasteiger partial charge in [0.25, 0.3) is 0 Å². The summed E-state index contributed by atoms with van der Waals surface area (Å²) in [6.07, 6.45) is 5.09. The van der Waals surface area contributed by atoms with E-state index < -0.39 is 0 Å². The van der Waals surface area contributed by atoms with Crippen LogP contribution >= 0.6 is 0 Å². The molecule has 18 heavy (non-hydrogen) atoms. The van der Waals surface area contributed by atoms with Gasteiger partial charge in [-0.2, -0.15) is 0 Å². The van der Waals surface area contributed by atoms with Gasteiger partial charge in [-0.25, -0.2) is 0 Å². The molecule has 0 aliphatic rings. The third-order valence-electron chi connectivity index (χ3n) is 3.06. The van der Waals surface area contributed by atoms with Gasteiger partial charge in [0.1, 0.15) is 0 Å². The third kappa shape index (κ3) is 6.74. The summed E-state index contributed by atoms with van der Waals surface area (Å²) in [7, 11) is 0. The van der Waals surface area contributed by atoms with Crippen molar-refractivity contribution in [2.45, 2.75) is 38.1 Å². The molecule has 0 aliphatic carbocycles. The highest BCUT2D eigenvalue weighted by Gasteiger charge is 2.06. The molecule has 3 nitrogen and oxygen atoms in total. The van der Waals surface area contributed by atoms with Crippen LogP contribution in [0.25, 0.3) is 0 Å². The first kappa shape index (κ1) is 15.2. The van der Waals surface area contributed by atoms with Crippen LogP contribution in [0, 0.1) is 0 Å². The molecule has 0 fully saturated rings. The average Bonchev–Trinajstić information content (AvgIpc) is 2.42. The van der Waals surface area contributed by atoms with Gasteiger partial charge in [-0.1, -0.05) is 43.2 Å². The zero-order chi connectivity index (χ0) is 13.1. The van der Waals surface area contributed by atoms with Gasteiger partial charge in [-0.05, 0) is 31.4 Å². The lowest BCUT2D eigenvalue weighted by atomic mass is 10.1. The van der Waals surface area contributed by atoms with E-state index in [2.05, 4.69) is 17.4 Å².